The summed E-state index contributed by atoms with van der Waals surface area (Å²) in [5.41, 5.74) is 9.08. The number of benzene rings is 3. The van der Waals surface area contributed by atoms with Crippen LogP contribution in [0.4, 0.5) is 10.1 Å². The molecule has 36 heavy (non-hydrogen) atoms. The average Bonchev–Trinajstić information content (AvgIpc) is 2.87. The maximum absolute atomic E-state index is 14.0. The molecule has 0 aliphatic heterocycles. The Morgan fingerprint density at radius 1 is 1.00 bits per heavy atom. The number of amides is 3. The third kappa shape index (κ3) is 6.57. The van der Waals surface area contributed by atoms with E-state index >= 15 is 0 Å². The lowest BCUT2D eigenvalue weighted by molar-refractivity contribution is -0.136. The van der Waals surface area contributed by atoms with E-state index < -0.39 is 23.5 Å². The highest BCUT2D eigenvalue weighted by Gasteiger charge is 2.15. The van der Waals surface area contributed by atoms with E-state index in [0.29, 0.717) is 28.5 Å². The molecular weight excluding hydrogens is 491 g/mol. The van der Waals surface area contributed by atoms with Crippen LogP contribution in [0.3, 0.4) is 0 Å². The molecule has 3 amide bonds. The van der Waals surface area contributed by atoms with Crippen LogP contribution < -0.4 is 25.9 Å². The van der Waals surface area contributed by atoms with Crippen LogP contribution in [0.5, 0.6) is 11.5 Å². The minimum atomic E-state index is -0.998. The second-order valence-corrected chi connectivity index (χ2v) is 7.80. The Kier molecular flexibility index (Phi) is 8.58. The summed E-state index contributed by atoms with van der Waals surface area (Å²) >= 11 is 6.03. The van der Waals surface area contributed by atoms with Gasteiger partial charge in [0.1, 0.15) is 12.4 Å². The zero-order valence-corrected chi connectivity index (χ0v) is 20.1. The van der Waals surface area contributed by atoms with Crippen LogP contribution in [0.25, 0.3) is 0 Å². The van der Waals surface area contributed by atoms with E-state index in [9.17, 15) is 18.8 Å². The molecule has 0 radical (unpaired) electrons. The Bertz CT molecular complexity index is 1310. The van der Waals surface area contributed by atoms with Gasteiger partial charge in [0.2, 0.25) is 5.91 Å². The van der Waals surface area contributed by atoms with Crippen molar-refractivity contribution in [3.63, 3.8) is 0 Å². The zero-order chi connectivity index (χ0) is 26.2. The molecule has 0 saturated heterocycles. The standard InChI is InChI=1S/C25H22ClFN4O5/c1-14(30-31-25(34)24(33)29-17-9-6-15(7-10-17)23(28)32)16-8-11-21(22(12-16)35-2)36-13-18-19(26)4-3-5-20(18)27/h3-12H,13H2,1-2H3,(H2,28,32)(H,29,33)(H,31,34). The van der Waals surface area contributed by atoms with Crippen LogP contribution >= 0.6 is 11.6 Å². The fourth-order valence-electron chi connectivity index (χ4n) is 2.99. The van der Waals surface area contributed by atoms with Gasteiger partial charge >= 0.3 is 11.8 Å². The number of ether oxygens (including phenoxy) is 2. The summed E-state index contributed by atoms with van der Waals surface area (Å²) in [5.74, 6) is -2.35. The molecule has 0 aliphatic rings. The van der Waals surface area contributed by atoms with Crippen molar-refractivity contribution in [1.82, 2.24) is 5.43 Å². The Balaban J connectivity index is 1.63. The summed E-state index contributed by atoms with van der Waals surface area (Å²) in [5, 5.41) is 6.58. The number of hydrogen-bond acceptors (Lipinski definition) is 6. The van der Waals surface area contributed by atoms with Gasteiger partial charge in [0.25, 0.3) is 0 Å². The van der Waals surface area contributed by atoms with Crippen molar-refractivity contribution in [2.24, 2.45) is 10.8 Å². The van der Waals surface area contributed by atoms with E-state index in [4.69, 9.17) is 26.8 Å². The second-order valence-electron chi connectivity index (χ2n) is 7.39. The fraction of sp³-hybridized carbons (Fsp3) is 0.120. The van der Waals surface area contributed by atoms with Gasteiger partial charge in [-0.25, -0.2) is 9.82 Å². The lowest BCUT2D eigenvalue weighted by Crippen LogP contribution is -2.33. The maximum atomic E-state index is 14.0. The van der Waals surface area contributed by atoms with Gasteiger partial charge in [-0.1, -0.05) is 17.7 Å². The average molecular weight is 513 g/mol. The molecule has 0 atom stereocenters. The molecule has 0 saturated carbocycles. The second kappa shape index (κ2) is 11.8. The molecule has 3 aromatic rings. The van der Waals surface area contributed by atoms with E-state index in [0.717, 1.165) is 0 Å². The predicted molar refractivity (Wildman–Crippen MR) is 133 cm³/mol. The van der Waals surface area contributed by atoms with Crippen molar-refractivity contribution in [1.29, 1.82) is 0 Å². The van der Waals surface area contributed by atoms with Crippen molar-refractivity contribution >= 4 is 40.7 Å². The van der Waals surface area contributed by atoms with Crippen molar-refractivity contribution in [3.8, 4) is 11.5 Å². The van der Waals surface area contributed by atoms with Crippen LogP contribution in [0, 0.1) is 5.82 Å². The van der Waals surface area contributed by atoms with Crippen molar-refractivity contribution in [2.75, 3.05) is 12.4 Å². The number of methoxy groups -OCH3 is 1. The number of anilines is 1. The lowest BCUT2D eigenvalue weighted by atomic mass is 10.1. The van der Waals surface area contributed by atoms with Gasteiger partial charge in [-0.05, 0) is 61.5 Å². The molecular formula is C25H22ClFN4O5. The summed E-state index contributed by atoms with van der Waals surface area (Å²) in [6.07, 6.45) is 0. The lowest BCUT2D eigenvalue weighted by Gasteiger charge is -2.13. The molecule has 9 nitrogen and oxygen atoms in total. The van der Waals surface area contributed by atoms with E-state index in [1.807, 2.05) is 0 Å². The first-order valence-corrected chi connectivity index (χ1v) is 10.9. The van der Waals surface area contributed by atoms with Crippen molar-refractivity contribution in [3.05, 3.63) is 88.2 Å². The molecule has 3 rings (SSSR count). The summed E-state index contributed by atoms with van der Waals surface area (Å²) < 4.78 is 25.0. The van der Waals surface area contributed by atoms with E-state index in [1.165, 1.54) is 43.5 Å². The summed E-state index contributed by atoms with van der Waals surface area (Å²) in [6, 6.07) is 15.0. The summed E-state index contributed by atoms with van der Waals surface area (Å²) in [7, 11) is 1.44. The molecule has 0 spiro atoms. The highest BCUT2D eigenvalue weighted by molar-refractivity contribution is 6.39. The SMILES string of the molecule is COc1cc(C(C)=NNC(=O)C(=O)Nc2ccc(C(N)=O)cc2)ccc1OCc1c(F)cccc1Cl. The Hall–Kier alpha value is -4.44. The molecule has 0 unspecified atom stereocenters. The maximum Gasteiger partial charge on any atom is 0.329 e. The number of hydrazone groups is 1. The number of nitrogens with one attached hydrogen (secondary N) is 2. The van der Waals surface area contributed by atoms with E-state index in [-0.39, 0.29) is 22.8 Å². The minimum Gasteiger partial charge on any atom is -0.493 e. The van der Waals surface area contributed by atoms with Gasteiger partial charge in [0.15, 0.2) is 11.5 Å². The molecule has 11 heteroatoms. The molecule has 4 N–H and O–H groups in total. The van der Waals surface area contributed by atoms with Crippen LogP contribution in [-0.4, -0.2) is 30.5 Å². The molecule has 0 bridgehead atoms. The topological polar surface area (TPSA) is 132 Å². The highest BCUT2D eigenvalue weighted by atomic mass is 35.5. The van der Waals surface area contributed by atoms with E-state index in [1.54, 1.807) is 31.2 Å². The number of halogens is 2. The first kappa shape index (κ1) is 26.2. The number of hydrogen-bond donors (Lipinski definition) is 3. The molecule has 3 aromatic carbocycles. The van der Waals surface area contributed by atoms with E-state index in [2.05, 4.69) is 15.8 Å². The molecule has 0 aromatic heterocycles. The summed E-state index contributed by atoms with van der Waals surface area (Å²) in [6.45, 7) is 1.51. The van der Waals surface area contributed by atoms with Gasteiger partial charge in [0.05, 0.1) is 17.8 Å². The molecule has 0 heterocycles. The van der Waals surface area contributed by atoms with Gasteiger partial charge in [0, 0.05) is 22.4 Å². The normalized spacial score (nSPS) is 10.9. The smallest absolute Gasteiger partial charge is 0.329 e. The first-order valence-electron chi connectivity index (χ1n) is 10.5. The van der Waals surface area contributed by atoms with Crippen molar-refractivity contribution < 1.29 is 28.2 Å². The molecule has 186 valence electrons. The van der Waals surface area contributed by atoms with Crippen molar-refractivity contribution in [2.45, 2.75) is 13.5 Å². The first-order chi connectivity index (χ1) is 17.2. The third-order valence-electron chi connectivity index (χ3n) is 4.97. The number of rotatable bonds is 8. The number of nitrogens with two attached hydrogens (primary N) is 1. The van der Waals surface area contributed by atoms with Gasteiger partial charge in [-0.2, -0.15) is 5.10 Å². The fourth-order valence-corrected chi connectivity index (χ4v) is 3.21. The number of nitrogens with zero attached hydrogens (tertiary/aromatic N) is 1. The summed E-state index contributed by atoms with van der Waals surface area (Å²) in [4.78, 5) is 35.3. The highest BCUT2D eigenvalue weighted by Crippen LogP contribution is 2.30. The Labute approximate surface area is 211 Å². The Morgan fingerprint density at radius 3 is 2.33 bits per heavy atom. The van der Waals surface area contributed by atoms with Crippen LogP contribution in [0.2, 0.25) is 5.02 Å². The number of primary amides is 1. The number of carbonyl (C=O) groups excluding carboxylic acids is 3. The van der Waals surface area contributed by atoms with Gasteiger partial charge in [-0.15, -0.1) is 0 Å². The van der Waals surface area contributed by atoms with Gasteiger partial charge in [-0.3, -0.25) is 14.4 Å². The largest absolute Gasteiger partial charge is 0.493 e. The molecule has 0 aliphatic carbocycles. The zero-order valence-electron chi connectivity index (χ0n) is 19.3. The minimum absolute atomic E-state index is 0.106. The number of carbonyl (C=O) groups is 3. The van der Waals surface area contributed by atoms with Crippen LogP contribution in [0.15, 0.2) is 65.8 Å². The van der Waals surface area contributed by atoms with Crippen LogP contribution in [0.1, 0.15) is 28.4 Å². The quantitative estimate of drug-likeness (QED) is 0.241. The van der Waals surface area contributed by atoms with Crippen LogP contribution in [-0.2, 0) is 16.2 Å². The third-order valence-corrected chi connectivity index (χ3v) is 5.33. The Morgan fingerprint density at radius 2 is 1.69 bits per heavy atom. The van der Waals surface area contributed by atoms with Gasteiger partial charge < -0.3 is 20.5 Å². The predicted octanol–water partition coefficient (Wildman–Crippen LogP) is 3.64. The molecule has 0 fully saturated rings. The monoisotopic (exact) mass is 512 g/mol.